The maximum absolute atomic E-state index is 12.0. The van der Waals surface area contributed by atoms with Gasteiger partial charge in [-0.1, -0.05) is 13.8 Å². The number of hydrazone groups is 1. The molecule has 0 radical (unpaired) electrons. The summed E-state index contributed by atoms with van der Waals surface area (Å²) in [5, 5.41) is 3.97. The average Bonchev–Trinajstić information content (AvgIpc) is 2.60. The van der Waals surface area contributed by atoms with Crippen LogP contribution >= 0.6 is 0 Å². The van der Waals surface area contributed by atoms with E-state index in [1.807, 2.05) is 12.1 Å². The van der Waals surface area contributed by atoms with Crippen LogP contribution in [0.2, 0.25) is 0 Å². The van der Waals surface area contributed by atoms with Gasteiger partial charge in [-0.25, -0.2) is 5.43 Å². The summed E-state index contributed by atoms with van der Waals surface area (Å²) in [6, 6.07) is 12.1. The summed E-state index contributed by atoms with van der Waals surface area (Å²) < 4.78 is 11.0. The number of benzene rings is 2. The minimum absolute atomic E-state index is 0.305. The number of hydrogen-bond donors (Lipinski definition) is 2. The van der Waals surface area contributed by atoms with Crippen LogP contribution in [-0.2, 0) is 0 Å². The Labute approximate surface area is 147 Å². The molecular weight excluding hydrogens is 318 g/mol. The van der Waals surface area contributed by atoms with E-state index < -0.39 is 0 Å². The number of nitrogens with one attached hydrogen (secondary N) is 1. The van der Waals surface area contributed by atoms with Crippen molar-refractivity contribution in [3.8, 4) is 11.5 Å². The highest BCUT2D eigenvalue weighted by molar-refractivity contribution is 5.95. The van der Waals surface area contributed by atoms with Crippen LogP contribution in [0.4, 0.5) is 5.69 Å². The first-order valence-electron chi connectivity index (χ1n) is 7.99. The molecule has 0 bridgehead atoms. The molecule has 0 aliphatic heterocycles. The molecule has 3 N–H and O–H groups in total. The van der Waals surface area contributed by atoms with E-state index >= 15 is 0 Å². The second-order valence-electron chi connectivity index (χ2n) is 5.94. The molecule has 6 nitrogen and oxygen atoms in total. The number of nitrogens with two attached hydrogens (primary N) is 1. The lowest BCUT2D eigenvalue weighted by Crippen LogP contribution is -2.17. The minimum atomic E-state index is -0.305. The van der Waals surface area contributed by atoms with E-state index in [2.05, 4.69) is 24.4 Å². The predicted molar refractivity (Wildman–Crippen MR) is 99.2 cm³/mol. The van der Waals surface area contributed by atoms with Crippen LogP contribution in [0, 0.1) is 5.92 Å². The molecule has 6 heteroatoms. The number of methoxy groups -OCH3 is 1. The largest absolute Gasteiger partial charge is 0.493 e. The molecule has 132 valence electrons. The third-order valence-corrected chi connectivity index (χ3v) is 3.31. The number of nitrogen functional groups attached to an aromatic ring is 1. The number of anilines is 1. The van der Waals surface area contributed by atoms with E-state index in [-0.39, 0.29) is 5.91 Å². The molecule has 0 fully saturated rings. The molecule has 0 aliphatic rings. The van der Waals surface area contributed by atoms with Gasteiger partial charge in [0.25, 0.3) is 5.91 Å². The molecule has 1 amide bonds. The van der Waals surface area contributed by atoms with Crippen molar-refractivity contribution in [1.82, 2.24) is 5.43 Å². The minimum Gasteiger partial charge on any atom is -0.493 e. The van der Waals surface area contributed by atoms with Crippen molar-refractivity contribution in [2.75, 3.05) is 19.5 Å². The fourth-order valence-corrected chi connectivity index (χ4v) is 2.00. The molecule has 2 aromatic carbocycles. The number of amides is 1. The highest BCUT2D eigenvalue weighted by Gasteiger charge is 2.07. The number of ether oxygens (including phenoxy) is 2. The zero-order valence-corrected chi connectivity index (χ0v) is 14.7. The summed E-state index contributed by atoms with van der Waals surface area (Å²) in [5.41, 5.74) is 9.95. The van der Waals surface area contributed by atoms with E-state index in [4.69, 9.17) is 15.2 Å². The summed E-state index contributed by atoms with van der Waals surface area (Å²) in [6.07, 6.45) is 1.55. The van der Waals surface area contributed by atoms with Crippen LogP contribution in [0.1, 0.15) is 29.8 Å². The van der Waals surface area contributed by atoms with Gasteiger partial charge >= 0.3 is 0 Å². The lowest BCUT2D eigenvalue weighted by molar-refractivity contribution is 0.0955. The van der Waals surface area contributed by atoms with E-state index in [1.165, 1.54) is 0 Å². The fraction of sp³-hybridized carbons (Fsp3) is 0.263. The molecule has 0 unspecified atom stereocenters. The van der Waals surface area contributed by atoms with Crippen LogP contribution in [0.5, 0.6) is 11.5 Å². The summed E-state index contributed by atoms with van der Waals surface area (Å²) in [4.78, 5) is 12.0. The number of carbonyl (C=O) groups is 1. The monoisotopic (exact) mass is 341 g/mol. The van der Waals surface area contributed by atoms with Crippen molar-refractivity contribution in [2.24, 2.45) is 11.0 Å². The SMILES string of the molecule is COc1cc(/C=N\NC(=O)c2ccc(N)cc2)ccc1OCC(C)C. The Balaban J connectivity index is 2.00. The Hall–Kier alpha value is -3.02. The standard InChI is InChI=1S/C19H23N3O3/c1-13(2)12-25-17-9-4-14(10-18(17)24-3)11-21-22-19(23)15-5-7-16(20)8-6-15/h4-11,13H,12,20H2,1-3H3,(H,22,23)/b21-11-. The third-order valence-electron chi connectivity index (χ3n) is 3.31. The molecule has 0 aliphatic carbocycles. The highest BCUT2D eigenvalue weighted by atomic mass is 16.5. The zero-order valence-electron chi connectivity index (χ0n) is 14.7. The van der Waals surface area contributed by atoms with Crippen molar-refractivity contribution in [2.45, 2.75) is 13.8 Å². The predicted octanol–water partition coefficient (Wildman–Crippen LogP) is 3.08. The molecule has 0 saturated heterocycles. The van der Waals surface area contributed by atoms with Crippen molar-refractivity contribution in [3.05, 3.63) is 53.6 Å². The molecule has 2 aromatic rings. The third kappa shape index (κ3) is 5.53. The van der Waals surface area contributed by atoms with Gasteiger partial charge in [-0.05, 0) is 53.9 Å². The lowest BCUT2D eigenvalue weighted by Gasteiger charge is -2.12. The molecule has 0 saturated carbocycles. The van der Waals surface area contributed by atoms with Gasteiger partial charge < -0.3 is 15.2 Å². The molecule has 25 heavy (non-hydrogen) atoms. The molecule has 2 rings (SSSR count). The molecule has 0 spiro atoms. The van der Waals surface area contributed by atoms with Crippen molar-refractivity contribution < 1.29 is 14.3 Å². The first kappa shape index (κ1) is 18.3. The number of hydrogen-bond acceptors (Lipinski definition) is 5. The van der Waals surface area contributed by atoms with Gasteiger partial charge in [-0.15, -0.1) is 0 Å². The zero-order chi connectivity index (χ0) is 18.2. The molecule has 0 heterocycles. The van der Waals surface area contributed by atoms with Crippen LogP contribution in [-0.4, -0.2) is 25.8 Å². The quantitative estimate of drug-likeness (QED) is 0.460. The van der Waals surface area contributed by atoms with Gasteiger partial charge in [0.2, 0.25) is 0 Å². The van der Waals surface area contributed by atoms with Gasteiger partial charge in [-0.3, -0.25) is 4.79 Å². The van der Waals surface area contributed by atoms with Crippen molar-refractivity contribution in [1.29, 1.82) is 0 Å². The van der Waals surface area contributed by atoms with Crippen LogP contribution in [0.15, 0.2) is 47.6 Å². The fourth-order valence-electron chi connectivity index (χ4n) is 2.00. The first-order valence-corrected chi connectivity index (χ1v) is 7.99. The Morgan fingerprint density at radius 2 is 1.92 bits per heavy atom. The molecule has 0 aromatic heterocycles. The normalized spacial score (nSPS) is 10.9. The number of nitrogens with zero attached hydrogens (tertiary/aromatic N) is 1. The van der Waals surface area contributed by atoms with E-state index in [0.29, 0.717) is 35.3 Å². The van der Waals surface area contributed by atoms with Gasteiger partial charge in [0, 0.05) is 11.3 Å². The van der Waals surface area contributed by atoms with Gasteiger partial charge in [-0.2, -0.15) is 5.10 Å². The van der Waals surface area contributed by atoms with E-state index in [9.17, 15) is 4.79 Å². The second kappa shape index (κ2) is 8.73. The summed E-state index contributed by atoms with van der Waals surface area (Å²) >= 11 is 0. The summed E-state index contributed by atoms with van der Waals surface area (Å²) in [7, 11) is 1.58. The average molecular weight is 341 g/mol. The van der Waals surface area contributed by atoms with E-state index in [1.54, 1.807) is 43.7 Å². The molecule has 0 atom stereocenters. The summed E-state index contributed by atoms with van der Waals surface area (Å²) in [6.45, 7) is 4.77. The van der Waals surface area contributed by atoms with E-state index in [0.717, 1.165) is 5.56 Å². The van der Waals surface area contributed by atoms with Crippen molar-refractivity contribution >= 4 is 17.8 Å². The van der Waals surface area contributed by atoms with Gasteiger partial charge in [0.15, 0.2) is 11.5 Å². The van der Waals surface area contributed by atoms with Crippen LogP contribution < -0.4 is 20.6 Å². The highest BCUT2D eigenvalue weighted by Crippen LogP contribution is 2.27. The van der Waals surface area contributed by atoms with Gasteiger partial charge in [0.05, 0.1) is 19.9 Å². The maximum Gasteiger partial charge on any atom is 0.271 e. The van der Waals surface area contributed by atoms with Crippen LogP contribution in [0.25, 0.3) is 0 Å². The number of carbonyl (C=O) groups excluding carboxylic acids is 1. The lowest BCUT2D eigenvalue weighted by atomic mass is 10.2. The van der Waals surface area contributed by atoms with Crippen LogP contribution in [0.3, 0.4) is 0 Å². The Kier molecular flexibility index (Phi) is 6.39. The maximum atomic E-state index is 12.0. The van der Waals surface area contributed by atoms with Gasteiger partial charge in [0.1, 0.15) is 0 Å². The summed E-state index contributed by atoms with van der Waals surface area (Å²) in [5.74, 6) is 1.42. The number of rotatable bonds is 7. The van der Waals surface area contributed by atoms with Crippen molar-refractivity contribution in [3.63, 3.8) is 0 Å². The second-order valence-corrected chi connectivity index (χ2v) is 5.94. The molecular formula is C19H23N3O3. The smallest absolute Gasteiger partial charge is 0.271 e. The first-order chi connectivity index (χ1) is 12.0. The topological polar surface area (TPSA) is 85.9 Å². The Bertz CT molecular complexity index is 740. The Morgan fingerprint density at radius 3 is 2.56 bits per heavy atom. The Morgan fingerprint density at radius 1 is 1.20 bits per heavy atom.